The number of halogens is 1. The molecule has 0 radical (unpaired) electrons. The predicted octanol–water partition coefficient (Wildman–Crippen LogP) is 3.32. The Balaban J connectivity index is 3.21. The second-order valence-corrected chi connectivity index (χ2v) is 6.86. The highest BCUT2D eigenvalue weighted by Gasteiger charge is 2.13. The van der Waals surface area contributed by atoms with Crippen molar-refractivity contribution < 1.29 is 8.42 Å². The maximum atomic E-state index is 11.1. The van der Waals surface area contributed by atoms with Crippen LogP contribution in [-0.2, 0) is 21.2 Å². The lowest BCUT2D eigenvalue weighted by molar-refractivity contribution is 0.608. The van der Waals surface area contributed by atoms with Gasteiger partial charge in [-0.2, -0.15) is 0 Å². The molecule has 0 saturated heterocycles. The van der Waals surface area contributed by atoms with Gasteiger partial charge < -0.3 is 0 Å². The number of aryl methyl sites for hydroxylation is 2. The molecule has 0 bridgehead atoms. The van der Waals surface area contributed by atoms with Crippen LogP contribution in [0.15, 0.2) is 12.1 Å². The predicted molar refractivity (Wildman–Crippen MR) is 68.4 cm³/mol. The summed E-state index contributed by atoms with van der Waals surface area (Å²) in [6, 6.07) is 4.04. The molecule has 0 atom stereocenters. The Morgan fingerprint density at radius 2 is 1.88 bits per heavy atom. The minimum absolute atomic E-state index is 0.0796. The summed E-state index contributed by atoms with van der Waals surface area (Å²) in [6.07, 6.45) is 2.03. The SMILES string of the molecule is CCCc1ccc(C)c(CS(=O)(=O)Cl)c1C. The molecule has 0 amide bonds. The molecule has 0 unspecified atom stereocenters. The zero-order chi connectivity index (χ0) is 12.3. The Kier molecular flexibility index (Phi) is 4.39. The fraction of sp³-hybridized carbons (Fsp3) is 0.500. The molecular formula is C12H17ClO2S. The van der Waals surface area contributed by atoms with E-state index in [4.69, 9.17) is 10.7 Å². The Labute approximate surface area is 102 Å². The summed E-state index contributed by atoms with van der Waals surface area (Å²) in [7, 11) is 1.83. The van der Waals surface area contributed by atoms with Crippen molar-refractivity contribution in [2.75, 3.05) is 0 Å². The third kappa shape index (κ3) is 3.49. The van der Waals surface area contributed by atoms with Gasteiger partial charge in [0.25, 0.3) is 0 Å². The highest BCUT2D eigenvalue weighted by Crippen LogP contribution is 2.22. The molecule has 16 heavy (non-hydrogen) atoms. The first-order valence-corrected chi connectivity index (χ1v) is 7.83. The molecule has 0 aliphatic heterocycles. The highest BCUT2D eigenvalue weighted by atomic mass is 35.7. The minimum Gasteiger partial charge on any atom is -0.212 e. The largest absolute Gasteiger partial charge is 0.236 e. The molecule has 0 saturated carbocycles. The van der Waals surface area contributed by atoms with Crippen LogP contribution in [0.3, 0.4) is 0 Å². The molecule has 0 heterocycles. The molecular weight excluding hydrogens is 244 g/mol. The summed E-state index contributed by atoms with van der Waals surface area (Å²) in [5.41, 5.74) is 4.11. The van der Waals surface area contributed by atoms with Crippen molar-refractivity contribution in [1.29, 1.82) is 0 Å². The van der Waals surface area contributed by atoms with Gasteiger partial charge in [-0.1, -0.05) is 25.5 Å². The van der Waals surface area contributed by atoms with Crippen molar-refractivity contribution in [1.82, 2.24) is 0 Å². The van der Waals surface area contributed by atoms with E-state index in [9.17, 15) is 8.42 Å². The summed E-state index contributed by atoms with van der Waals surface area (Å²) in [4.78, 5) is 0. The van der Waals surface area contributed by atoms with E-state index < -0.39 is 9.05 Å². The van der Waals surface area contributed by atoms with E-state index in [2.05, 4.69) is 13.0 Å². The molecule has 90 valence electrons. The number of benzene rings is 1. The fourth-order valence-corrected chi connectivity index (χ4v) is 2.99. The van der Waals surface area contributed by atoms with Gasteiger partial charge in [-0.25, -0.2) is 8.42 Å². The standard InChI is InChI=1S/C12H17ClO2S/c1-4-5-11-7-6-9(2)12(10(11)3)8-16(13,14)15/h6-7H,4-5,8H2,1-3H3. The van der Waals surface area contributed by atoms with Crippen LogP contribution >= 0.6 is 10.7 Å². The zero-order valence-corrected chi connectivity index (χ0v) is 11.5. The molecule has 2 nitrogen and oxygen atoms in total. The second-order valence-electron chi connectivity index (χ2n) is 4.08. The lowest BCUT2D eigenvalue weighted by atomic mass is 9.96. The molecule has 0 spiro atoms. The van der Waals surface area contributed by atoms with Crippen LogP contribution < -0.4 is 0 Å². The molecule has 0 aromatic heterocycles. The van der Waals surface area contributed by atoms with Gasteiger partial charge in [0.15, 0.2) is 0 Å². The summed E-state index contributed by atoms with van der Waals surface area (Å²) >= 11 is 0. The molecule has 0 fully saturated rings. The summed E-state index contributed by atoms with van der Waals surface area (Å²) in [5, 5.41) is 0. The molecule has 1 aromatic carbocycles. The summed E-state index contributed by atoms with van der Waals surface area (Å²) in [5.74, 6) is -0.0796. The van der Waals surface area contributed by atoms with Crippen LogP contribution in [0.1, 0.15) is 35.6 Å². The monoisotopic (exact) mass is 260 g/mol. The normalized spacial score (nSPS) is 11.8. The van der Waals surface area contributed by atoms with Crippen molar-refractivity contribution in [3.05, 3.63) is 34.4 Å². The third-order valence-corrected chi connectivity index (χ3v) is 3.74. The number of rotatable bonds is 4. The Hall–Kier alpha value is -0.540. The van der Waals surface area contributed by atoms with E-state index in [1.165, 1.54) is 5.56 Å². The average Bonchev–Trinajstić information content (AvgIpc) is 2.16. The van der Waals surface area contributed by atoms with Gasteiger partial charge in [0.05, 0.1) is 5.75 Å². The lowest BCUT2D eigenvalue weighted by Gasteiger charge is -2.12. The van der Waals surface area contributed by atoms with Gasteiger partial charge in [0.1, 0.15) is 0 Å². The molecule has 1 rings (SSSR count). The minimum atomic E-state index is -3.48. The van der Waals surface area contributed by atoms with Crippen LogP contribution in [0, 0.1) is 13.8 Å². The molecule has 0 aliphatic rings. The molecule has 0 N–H and O–H groups in total. The first-order valence-electron chi connectivity index (χ1n) is 5.35. The van der Waals surface area contributed by atoms with E-state index in [1.807, 2.05) is 19.9 Å². The Morgan fingerprint density at radius 1 is 1.25 bits per heavy atom. The van der Waals surface area contributed by atoms with Crippen LogP contribution in [0.2, 0.25) is 0 Å². The molecule has 1 aromatic rings. The van der Waals surface area contributed by atoms with Crippen molar-refractivity contribution in [2.24, 2.45) is 0 Å². The second kappa shape index (κ2) is 5.19. The van der Waals surface area contributed by atoms with Crippen molar-refractivity contribution >= 4 is 19.7 Å². The smallest absolute Gasteiger partial charge is 0.212 e. The van der Waals surface area contributed by atoms with Gasteiger partial charge in [-0.15, -0.1) is 0 Å². The Bertz CT molecular complexity index is 478. The summed E-state index contributed by atoms with van der Waals surface area (Å²) in [6.45, 7) is 5.99. The van der Waals surface area contributed by atoms with Crippen molar-refractivity contribution in [3.8, 4) is 0 Å². The molecule has 4 heteroatoms. The van der Waals surface area contributed by atoms with Crippen LogP contribution in [-0.4, -0.2) is 8.42 Å². The van der Waals surface area contributed by atoms with Crippen LogP contribution in [0.4, 0.5) is 0 Å². The Morgan fingerprint density at radius 3 is 2.38 bits per heavy atom. The van der Waals surface area contributed by atoms with E-state index in [-0.39, 0.29) is 5.75 Å². The van der Waals surface area contributed by atoms with E-state index >= 15 is 0 Å². The lowest BCUT2D eigenvalue weighted by Crippen LogP contribution is -2.03. The van der Waals surface area contributed by atoms with Gasteiger partial charge in [0, 0.05) is 10.7 Å². The number of hydrogen-bond acceptors (Lipinski definition) is 2. The quantitative estimate of drug-likeness (QED) is 0.779. The van der Waals surface area contributed by atoms with E-state index in [0.29, 0.717) is 0 Å². The fourth-order valence-electron chi connectivity index (χ4n) is 1.88. The maximum absolute atomic E-state index is 11.1. The van der Waals surface area contributed by atoms with Crippen molar-refractivity contribution in [2.45, 2.75) is 39.4 Å². The summed E-state index contributed by atoms with van der Waals surface area (Å²) < 4.78 is 22.3. The highest BCUT2D eigenvalue weighted by molar-refractivity contribution is 8.13. The average molecular weight is 261 g/mol. The van der Waals surface area contributed by atoms with Crippen molar-refractivity contribution in [3.63, 3.8) is 0 Å². The third-order valence-electron chi connectivity index (χ3n) is 2.78. The van der Waals surface area contributed by atoms with E-state index in [0.717, 1.165) is 29.5 Å². The van der Waals surface area contributed by atoms with Crippen LogP contribution in [0.25, 0.3) is 0 Å². The van der Waals surface area contributed by atoms with Crippen LogP contribution in [0.5, 0.6) is 0 Å². The van der Waals surface area contributed by atoms with Gasteiger partial charge in [-0.05, 0) is 42.5 Å². The van der Waals surface area contributed by atoms with E-state index in [1.54, 1.807) is 0 Å². The maximum Gasteiger partial charge on any atom is 0.236 e. The van der Waals surface area contributed by atoms with Gasteiger partial charge in [-0.3, -0.25) is 0 Å². The zero-order valence-electron chi connectivity index (χ0n) is 9.88. The molecule has 0 aliphatic carbocycles. The number of hydrogen-bond donors (Lipinski definition) is 0. The first kappa shape index (κ1) is 13.5. The topological polar surface area (TPSA) is 34.1 Å². The van der Waals surface area contributed by atoms with Gasteiger partial charge >= 0.3 is 0 Å². The van der Waals surface area contributed by atoms with Gasteiger partial charge in [0.2, 0.25) is 9.05 Å². The first-order chi connectivity index (χ1) is 7.35.